The molecule has 3 atom stereocenters. The highest BCUT2D eigenvalue weighted by atomic mass is 32.2. The zero-order valence-corrected chi connectivity index (χ0v) is 49.7. The Morgan fingerprint density at radius 3 is 1.61 bits per heavy atom. The monoisotopic (exact) mass is 1210 g/mol. The molecule has 2 fully saturated rings. The number of nitrogens with zero attached hydrogens (tertiary/aromatic N) is 5. The number of fused-ring (bicyclic) bond motifs is 2. The highest BCUT2D eigenvalue weighted by molar-refractivity contribution is 8.00. The van der Waals surface area contributed by atoms with Gasteiger partial charge < -0.3 is 39.9 Å². The maximum absolute atomic E-state index is 15.7. The molecule has 11 aromatic rings. The fourth-order valence-electron chi connectivity index (χ4n) is 12.2. The van der Waals surface area contributed by atoms with Crippen LogP contribution in [0.15, 0.2) is 278 Å². The second kappa shape index (κ2) is 24.7. The Labute approximate surface area is 522 Å². The van der Waals surface area contributed by atoms with Crippen LogP contribution in [-0.4, -0.2) is 76.9 Å². The Bertz CT molecular complexity index is 4140. The lowest BCUT2D eigenvalue weighted by Gasteiger charge is -2.54. The van der Waals surface area contributed by atoms with Crippen LogP contribution in [0.25, 0.3) is 16.7 Å². The Morgan fingerprint density at radius 2 is 1.12 bits per heavy atom. The van der Waals surface area contributed by atoms with Crippen molar-refractivity contribution in [3.8, 4) is 11.5 Å². The molecule has 2 aliphatic heterocycles. The van der Waals surface area contributed by atoms with Gasteiger partial charge in [-0.15, -0.1) is 23.1 Å². The summed E-state index contributed by atoms with van der Waals surface area (Å²) in [6.45, 7) is 1.63. The number of hydrogen-bond donors (Lipinski definition) is 4. The Morgan fingerprint density at radius 1 is 0.663 bits per heavy atom. The third-order valence-corrected chi connectivity index (χ3v) is 18.8. The minimum atomic E-state index is -1.56. The molecule has 0 radical (unpaired) electrons. The fourth-order valence-corrected chi connectivity index (χ4v) is 14.5. The third-order valence-electron chi connectivity index (χ3n) is 16.5. The van der Waals surface area contributed by atoms with E-state index in [4.69, 9.17) is 19.7 Å². The summed E-state index contributed by atoms with van der Waals surface area (Å²) in [7, 11) is 0. The minimum absolute atomic E-state index is 0.0806. The number of thioether (sulfide) groups is 1. The van der Waals surface area contributed by atoms with Gasteiger partial charge in [0.15, 0.2) is 28.4 Å². The van der Waals surface area contributed by atoms with E-state index in [1.165, 1.54) is 41.6 Å². The number of hydrogen-bond acceptors (Lipinski definition) is 13. The van der Waals surface area contributed by atoms with E-state index in [1.807, 2.05) is 206 Å². The molecule has 2 aromatic heterocycles. The van der Waals surface area contributed by atoms with Crippen LogP contribution in [0.3, 0.4) is 0 Å². The number of aromatic nitrogens is 3. The molecule has 16 heteroatoms. The maximum atomic E-state index is 15.7. The van der Waals surface area contributed by atoms with Gasteiger partial charge in [0.05, 0.1) is 11.0 Å². The SMILES string of the molecule is CC=C(n1cnc2cc(O)c(O)cc21)C1(C(=O)OC(c2ccccc2)c2ccccc2)CS[C@@H]2C(NC(=O)C(=NOC(c3ccccc3)(c3ccccc3)c3ccccc3)c3csc(NC(c4ccccc4)(c4ccccc4)c4ccccc4)n3)C(=O)N2C1. The number of nitrogens with one attached hydrogen (secondary N) is 2. The number of β-lactam (4-membered cyclic amide) rings is 1. The smallest absolute Gasteiger partial charge is 0.321 e. The lowest BCUT2D eigenvalue weighted by atomic mass is 9.77. The quantitative estimate of drug-likeness (QED) is 0.0151. The van der Waals surface area contributed by atoms with E-state index in [9.17, 15) is 10.2 Å². The predicted octanol–water partition coefficient (Wildman–Crippen LogP) is 13.3. The number of allylic oxidation sites excluding steroid dienone is 1. The van der Waals surface area contributed by atoms with E-state index < -0.39 is 51.9 Å². The highest BCUT2D eigenvalue weighted by Gasteiger charge is 2.60. The third kappa shape index (κ3) is 10.7. The standard InChI is InChI=1S/C73H59N7O7S2/c1-2-62(80-48-74-57-43-60(81)61(82)44-59(57)80)71(69(85)86-65(49-27-11-3-12-28-49)50-29-13-4-14-30-50)46-79-67(84)64(68(79)89-47-71)76-66(83)63(78-87-73(54-37-21-8-22-38-54,55-39-23-9-24-40-55)56-41-25-10-26-42-56)58-45-88-70(75-58)77-72(51-31-15-5-16-32-51,52-33-17-6-18-34-52)53-35-19-7-20-36-53/h2-45,48,64-65,68,81-82H,46-47H2,1H3,(H,75,77)(H,76,83)/t64?,68-,71?/m1/s1. The van der Waals surface area contributed by atoms with Gasteiger partial charge in [-0.25, -0.2) is 9.97 Å². The summed E-state index contributed by atoms with van der Waals surface area (Å²) in [5.74, 6) is -2.44. The topological polar surface area (TPSA) is 180 Å². The van der Waals surface area contributed by atoms with Crippen molar-refractivity contribution in [2.24, 2.45) is 10.6 Å². The van der Waals surface area contributed by atoms with Crippen LogP contribution < -0.4 is 10.6 Å². The van der Waals surface area contributed by atoms with Crippen molar-refractivity contribution in [3.05, 3.63) is 323 Å². The predicted molar refractivity (Wildman–Crippen MR) is 348 cm³/mol. The van der Waals surface area contributed by atoms with Crippen molar-refractivity contribution in [3.63, 3.8) is 0 Å². The number of thiazole rings is 1. The van der Waals surface area contributed by atoms with Crippen LogP contribution in [0.2, 0.25) is 0 Å². The number of ether oxygens (including phenoxy) is 1. The van der Waals surface area contributed by atoms with E-state index in [2.05, 4.69) is 52.0 Å². The van der Waals surface area contributed by atoms with Gasteiger partial charge in [-0.3, -0.25) is 14.4 Å². The molecule has 9 aromatic carbocycles. The molecule has 0 bridgehead atoms. The molecule has 89 heavy (non-hydrogen) atoms. The Balaban J connectivity index is 0.886. The van der Waals surface area contributed by atoms with Crippen LogP contribution in [-0.2, 0) is 35.1 Å². The number of esters is 1. The lowest BCUT2D eigenvalue weighted by Crippen LogP contribution is -2.74. The Hall–Kier alpha value is -10.6. The molecular formula is C73H59N7O7S2. The molecule has 14 nitrogen and oxygen atoms in total. The first-order valence-corrected chi connectivity index (χ1v) is 31.0. The first-order chi connectivity index (χ1) is 43.6. The van der Waals surface area contributed by atoms with Crippen LogP contribution in [0.5, 0.6) is 11.5 Å². The molecule has 13 rings (SSSR count). The van der Waals surface area contributed by atoms with Crippen LogP contribution >= 0.6 is 23.1 Å². The molecule has 0 spiro atoms. The van der Waals surface area contributed by atoms with Crippen molar-refractivity contribution in [1.82, 2.24) is 24.8 Å². The van der Waals surface area contributed by atoms with E-state index in [0.29, 0.717) is 21.9 Å². The van der Waals surface area contributed by atoms with E-state index in [1.54, 1.807) is 27.8 Å². The second-order valence-electron chi connectivity index (χ2n) is 21.7. The zero-order chi connectivity index (χ0) is 61.0. The number of phenols is 2. The van der Waals surface area contributed by atoms with E-state index in [0.717, 1.165) is 44.5 Å². The molecule has 0 aliphatic carbocycles. The summed E-state index contributed by atoms with van der Waals surface area (Å²) in [6, 6.07) is 80.0. The average molecular weight is 1210 g/mol. The number of amides is 2. The molecule has 2 saturated heterocycles. The molecule has 4 heterocycles. The number of carbonyl (C=O) groups excluding carboxylic acids is 3. The van der Waals surface area contributed by atoms with E-state index >= 15 is 14.4 Å². The summed E-state index contributed by atoms with van der Waals surface area (Å²) in [5, 5.41) is 34.7. The molecule has 0 saturated carbocycles. The van der Waals surface area contributed by atoms with Crippen LogP contribution in [0, 0.1) is 5.41 Å². The Kier molecular flexibility index (Phi) is 15.9. The van der Waals surface area contributed by atoms with E-state index in [-0.39, 0.29) is 35.2 Å². The first-order valence-electron chi connectivity index (χ1n) is 29.0. The first kappa shape index (κ1) is 57.5. The number of imidazole rings is 1. The summed E-state index contributed by atoms with van der Waals surface area (Å²) in [6.07, 6.45) is 2.47. The molecule has 2 amide bonds. The average Bonchev–Trinajstić information content (AvgIpc) is 1.45. The van der Waals surface area contributed by atoms with Gasteiger partial charge in [0.2, 0.25) is 11.5 Å². The number of anilines is 1. The number of carbonyl (C=O) groups is 3. The van der Waals surface area contributed by atoms with Crippen LogP contribution in [0.1, 0.15) is 63.2 Å². The minimum Gasteiger partial charge on any atom is -0.504 e. The molecular weight excluding hydrogens is 1150 g/mol. The van der Waals surface area contributed by atoms with Gasteiger partial charge >= 0.3 is 5.97 Å². The molecule has 2 aliphatic rings. The summed E-state index contributed by atoms with van der Waals surface area (Å²) < 4.78 is 8.39. The number of aromatic hydroxyl groups is 2. The largest absolute Gasteiger partial charge is 0.504 e. The van der Waals surface area contributed by atoms with Gasteiger partial charge in [-0.2, -0.15) is 0 Å². The fraction of sp³-hybridized carbons (Fsp3) is 0.123. The van der Waals surface area contributed by atoms with Crippen LogP contribution in [0.4, 0.5) is 5.13 Å². The number of rotatable bonds is 19. The number of oxime groups is 1. The zero-order valence-electron chi connectivity index (χ0n) is 48.1. The molecule has 440 valence electrons. The van der Waals surface area contributed by atoms with Gasteiger partial charge in [0, 0.05) is 52.2 Å². The highest BCUT2D eigenvalue weighted by Crippen LogP contribution is 2.50. The maximum Gasteiger partial charge on any atom is 0.321 e. The van der Waals surface area contributed by atoms with Gasteiger partial charge in [0.1, 0.15) is 34.4 Å². The van der Waals surface area contributed by atoms with Gasteiger partial charge in [-0.05, 0) is 34.7 Å². The summed E-state index contributed by atoms with van der Waals surface area (Å²) >= 11 is 2.62. The summed E-state index contributed by atoms with van der Waals surface area (Å²) in [4.78, 5) is 64.9. The normalized spacial score (nSPS) is 16.9. The number of phenolic OH excluding ortho intramolecular Hbond substituents is 2. The van der Waals surface area contributed by atoms with Crippen molar-refractivity contribution < 1.29 is 34.2 Å². The molecule has 4 N–H and O–H groups in total. The number of benzene rings is 9. The van der Waals surface area contributed by atoms with Crippen molar-refractivity contribution >= 4 is 68.5 Å². The van der Waals surface area contributed by atoms with Crippen molar-refractivity contribution in [2.75, 3.05) is 17.6 Å². The summed E-state index contributed by atoms with van der Waals surface area (Å²) in [5.41, 5.74) is 3.80. The van der Waals surface area contributed by atoms with Crippen molar-refractivity contribution in [2.45, 2.75) is 35.6 Å². The molecule has 2 unspecified atom stereocenters. The second-order valence-corrected chi connectivity index (χ2v) is 23.7. The van der Waals surface area contributed by atoms with Crippen molar-refractivity contribution in [1.29, 1.82) is 0 Å². The van der Waals surface area contributed by atoms with Gasteiger partial charge in [-0.1, -0.05) is 254 Å². The lowest BCUT2D eigenvalue weighted by molar-refractivity contribution is -0.162. The van der Waals surface area contributed by atoms with Gasteiger partial charge in [0.25, 0.3) is 5.91 Å².